The Kier molecular flexibility index (Phi) is 5.50. The summed E-state index contributed by atoms with van der Waals surface area (Å²) in [6.07, 6.45) is 3.71. The summed E-state index contributed by atoms with van der Waals surface area (Å²) >= 11 is 1.41. The maximum Gasteiger partial charge on any atom is 0.243 e. The molecular weight excluding hydrogens is 371 g/mol. The van der Waals surface area contributed by atoms with E-state index in [2.05, 4.69) is 4.98 Å². The zero-order chi connectivity index (χ0) is 18.7. The second-order valence-electron chi connectivity index (χ2n) is 5.66. The number of benzene rings is 2. The molecule has 0 unspecified atom stereocenters. The summed E-state index contributed by atoms with van der Waals surface area (Å²) in [4.78, 5) is 4.72. The Morgan fingerprint density at radius 1 is 1.08 bits per heavy atom. The fourth-order valence-corrected chi connectivity index (χ4v) is 4.97. The van der Waals surface area contributed by atoms with Crippen molar-refractivity contribution < 1.29 is 12.8 Å². The number of hydrogen-bond acceptors (Lipinski definition) is 4. The number of hydrogen-bond donors (Lipinski definition) is 0. The average Bonchev–Trinajstić information content (AvgIpc) is 3.03. The van der Waals surface area contributed by atoms with E-state index in [-0.39, 0.29) is 10.7 Å². The molecule has 7 heteroatoms. The van der Waals surface area contributed by atoms with Crippen molar-refractivity contribution in [2.75, 3.05) is 13.1 Å². The van der Waals surface area contributed by atoms with Gasteiger partial charge in [0, 0.05) is 13.1 Å². The zero-order valence-corrected chi connectivity index (χ0v) is 16.1. The van der Waals surface area contributed by atoms with E-state index in [4.69, 9.17) is 0 Å². The second-order valence-corrected chi connectivity index (χ2v) is 8.66. The molecule has 0 radical (unpaired) electrons. The molecule has 3 aromatic rings. The van der Waals surface area contributed by atoms with Gasteiger partial charge in [-0.3, -0.25) is 0 Å². The number of sulfonamides is 1. The molecule has 0 atom stereocenters. The number of nitrogens with zero attached hydrogens (tertiary/aromatic N) is 2. The van der Waals surface area contributed by atoms with Crippen LogP contribution in [0.25, 0.3) is 22.4 Å². The molecule has 0 bridgehead atoms. The predicted octanol–water partition coefficient (Wildman–Crippen LogP) is 4.64. The first-order valence-electron chi connectivity index (χ1n) is 8.28. The van der Waals surface area contributed by atoms with Crippen LogP contribution in [0.15, 0.2) is 47.4 Å². The molecule has 0 saturated heterocycles. The van der Waals surface area contributed by atoms with E-state index in [1.54, 1.807) is 30.3 Å². The molecule has 2 aromatic carbocycles. The predicted molar refractivity (Wildman–Crippen MR) is 105 cm³/mol. The van der Waals surface area contributed by atoms with Gasteiger partial charge in [0.05, 0.1) is 15.1 Å². The highest BCUT2D eigenvalue weighted by atomic mass is 32.2. The molecule has 0 amide bonds. The highest BCUT2D eigenvalue weighted by Crippen LogP contribution is 2.24. The summed E-state index contributed by atoms with van der Waals surface area (Å²) in [6, 6.07) is 11.3. The molecule has 4 nitrogen and oxygen atoms in total. The Labute approximate surface area is 156 Å². The van der Waals surface area contributed by atoms with Gasteiger partial charge in [-0.25, -0.2) is 17.8 Å². The lowest BCUT2D eigenvalue weighted by atomic mass is 10.2. The van der Waals surface area contributed by atoms with Crippen molar-refractivity contribution in [3.05, 3.63) is 58.9 Å². The Morgan fingerprint density at radius 2 is 1.77 bits per heavy atom. The lowest BCUT2D eigenvalue weighted by Gasteiger charge is -2.18. The van der Waals surface area contributed by atoms with Crippen LogP contribution in [0.3, 0.4) is 0 Å². The van der Waals surface area contributed by atoms with Crippen molar-refractivity contribution in [2.45, 2.75) is 18.7 Å². The van der Waals surface area contributed by atoms with Crippen LogP contribution in [0.2, 0.25) is 0 Å². The maximum atomic E-state index is 13.2. The minimum Gasteiger partial charge on any atom is -0.237 e. The largest absolute Gasteiger partial charge is 0.243 e. The van der Waals surface area contributed by atoms with Gasteiger partial charge in [0.25, 0.3) is 0 Å². The Hall–Kier alpha value is -2.09. The van der Waals surface area contributed by atoms with Gasteiger partial charge in [-0.05, 0) is 42.0 Å². The summed E-state index contributed by atoms with van der Waals surface area (Å²) in [5.41, 5.74) is 1.63. The maximum absolute atomic E-state index is 13.2. The van der Waals surface area contributed by atoms with Crippen LogP contribution in [0.4, 0.5) is 4.39 Å². The van der Waals surface area contributed by atoms with Crippen molar-refractivity contribution >= 4 is 43.7 Å². The number of aromatic nitrogens is 1. The smallest absolute Gasteiger partial charge is 0.237 e. The quantitative estimate of drug-likeness (QED) is 0.616. The zero-order valence-electron chi connectivity index (χ0n) is 14.5. The van der Waals surface area contributed by atoms with Crippen molar-refractivity contribution in [1.82, 2.24) is 9.29 Å². The first-order chi connectivity index (χ1) is 12.4. The fraction of sp³-hybridized carbons (Fsp3) is 0.211. The molecule has 0 fully saturated rings. The molecule has 0 N–H and O–H groups in total. The van der Waals surface area contributed by atoms with Gasteiger partial charge >= 0.3 is 0 Å². The van der Waals surface area contributed by atoms with E-state index in [1.165, 1.54) is 27.8 Å². The summed E-state index contributed by atoms with van der Waals surface area (Å²) in [7, 11) is -3.44. The molecule has 1 heterocycles. The standard InChI is InChI=1S/C19H19FN2O2S2/c1-3-22(4-2)26(23,24)16-9-5-14(6-10-16)7-12-19-21-17-11-8-15(20)13-18(17)25-19/h5-13H,3-4H2,1-2H3/b12-7+. The van der Waals surface area contributed by atoms with E-state index < -0.39 is 10.0 Å². The highest BCUT2D eigenvalue weighted by molar-refractivity contribution is 7.89. The number of thiazole rings is 1. The summed E-state index contributed by atoms with van der Waals surface area (Å²) in [5, 5.41) is 0.769. The SMILES string of the molecule is CCN(CC)S(=O)(=O)c1ccc(/C=C/c2nc3ccc(F)cc3s2)cc1. The third-order valence-electron chi connectivity index (χ3n) is 4.01. The molecule has 1 aromatic heterocycles. The van der Waals surface area contributed by atoms with E-state index in [1.807, 2.05) is 26.0 Å². The molecule has 0 aliphatic rings. The first kappa shape index (κ1) is 18.7. The van der Waals surface area contributed by atoms with Gasteiger partial charge in [0.1, 0.15) is 10.8 Å². The Morgan fingerprint density at radius 3 is 2.42 bits per heavy atom. The molecule has 136 valence electrons. The van der Waals surface area contributed by atoms with Crippen molar-refractivity contribution in [3.8, 4) is 0 Å². The van der Waals surface area contributed by atoms with Crippen LogP contribution in [0.5, 0.6) is 0 Å². The van der Waals surface area contributed by atoms with Gasteiger partial charge < -0.3 is 0 Å². The van der Waals surface area contributed by atoms with Crippen LogP contribution >= 0.6 is 11.3 Å². The lowest BCUT2D eigenvalue weighted by Crippen LogP contribution is -2.30. The monoisotopic (exact) mass is 390 g/mol. The van der Waals surface area contributed by atoms with Crippen LogP contribution in [0, 0.1) is 5.82 Å². The average molecular weight is 391 g/mol. The molecule has 26 heavy (non-hydrogen) atoms. The number of fused-ring (bicyclic) bond motifs is 1. The van der Waals surface area contributed by atoms with E-state index in [0.29, 0.717) is 13.1 Å². The molecule has 0 saturated carbocycles. The van der Waals surface area contributed by atoms with Gasteiger partial charge in [0.15, 0.2) is 0 Å². The summed E-state index contributed by atoms with van der Waals surface area (Å²) in [5.74, 6) is -0.276. The van der Waals surface area contributed by atoms with Crippen LogP contribution in [0.1, 0.15) is 24.4 Å². The Balaban J connectivity index is 1.81. The van der Waals surface area contributed by atoms with Crippen LogP contribution < -0.4 is 0 Å². The van der Waals surface area contributed by atoms with Gasteiger partial charge in [0.2, 0.25) is 10.0 Å². The molecule has 0 aliphatic heterocycles. The first-order valence-corrected chi connectivity index (χ1v) is 10.5. The van der Waals surface area contributed by atoms with Gasteiger partial charge in [-0.2, -0.15) is 4.31 Å². The normalized spacial score (nSPS) is 12.5. The van der Waals surface area contributed by atoms with Crippen LogP contribution in [-0.2, 0) is 10.0 Å². The molecular formula is C19H19FN2O2S2. The molecule has 0 aliphatic carbocycles. The fourth-order valence-electron chi connectivity index (χ4n) is 2.62. The molecule has 3 rings (SSSR count). The van der Waals surface area contributed by atoms with Crippen molar-refractivity contribution in [3.63, 3.8) is 0 Å². The highest BCUT2D eigenvalue weighted by Gasteiger charge is 2.20. The summed E-state index contributed by atoms with van der Waals surface area (Å²) < 4.78 is 40.4. The summed E-state index contributed by atoms with van der Waals surface area (Å²) in [6.45, 7) is 4.53. The van der Waals surface area contributed by atoms with Gasteiger partial charge in [-0.1, -0.05) is 32.1 Å². The topological polar surface area (TPSA) is 50.3 Å². The third kappa shape index (κ3) is 3.85. The minimum atomic E-state index is -3.44. The molecule has 0 spiro atoms. The number of rotatable bonds is 6. The lowest BCUT2D eigenvalue weighted by molar-refractivity contribution is 0.445. The van der Waals surface area contributed by atoms with E-state index in [0.717, 1.165) is 20.8 Å². The van der Waals surface area contributed by atoms with Crippen molar-refractivity contribution in [1.29, 1.82) is 0 Å². The minimum absolute atomic E-state index is 0.276. The number of halogens is 1. The second kappa shape index (κ2) is 7.65. The Bertz CT molecular complexity index is 1040. The van der Waals surface area contributed by atoms with E-state index >= 15 is 0 Å². The van der Waals surface area contributed by atoms with Crippen LogP contribution in [-0.4, -0.2) is 30.8 Å². The van der Waals surface area contributed by atoms with Gasteiger partial charge in [-0.15, -0.1) is 11.3 Å². The third-order valence-corrected chi connectivity index (χ3v) is 7.06. The van der Waals surface area contributed by atoms with Crippen molar-refractivity contribution in [2.24, 2.45) is 0 Å². The van der Waals surface area contributed by atoms with E-state index in [9.17, 15) is 12.8 Å².